The van der Waals surface area contributed by atoms with Crippen LogP contribution in [0.5, 0.6) is 0 Å². The van der Waals surface area contributed by atoms with E-state index in [4.69, 9.17) is 4.42 Å². The smallest absolute Gasteiger partial charge is 0.171 e. The Balaban J connectivity index is 2.79. The third kappa shape index (κ3) is 2.18. The summed E-state index contributed by atoms with van der Waals surface area (Å²) in [6, 6.07) is 3.35. The molecule has 0 saturated heterocycles. The molecular formula is C10H14O3. The Morgan fingerprint density at radius 1 is 1.46 bits per heavy atom. The van der Waals surface area contributed by atoms with E-state index in [0.29, 0.717) is 11.5 Å². The van der Waals surface area contributed by atoms with Crippen LogP contribution in [0.4, 0.5) is 0 Å². The summed E-state index contributed by atoms with van der Waals surface area (Å²) >= 11 is 0. The van der Waals surface area contributed by atoms with Crippen molar-refractivity contribution in [2.24, 2.45) is 5.92 Å². The summed E-state index contributed by atoms with van der Waals surface area (Å²) in [5.41, 5.74) is 0. The van der Waals surface area contributed by atoms with Gasteiger partial charge in [0.15, 0.2) is 11.9 Å². The average Bonchev–Trinajstić information content (AvgIpc) is 2.49. The van der Waals surface area contributed by atoms with Crippen molar-refractivity contribution in [2.45, 2.75) is 26.9 Å². The van der Waals surface area contributed by atoms with Gasteiger partial charge in [-0.05, 0) is 19.1 Å². The third-order valence-corrected chi connectivity index (χ3v) is 1.87. The number of Topliss-reactive ketones (excluding diaryl/α,β-unsaturated/α-hetero) is 1. The molecule has 0 bridgehead atoms. The van der Waals surface area contributed by atoms with Crippen molar-refractivity contribution >= 4 is 5.78 Å². The summed E-state index contributed by atoms with van der Waals surface area (Å²) < 4.78 is 5.15. The van der Waals surface area contributed by atoms with E-state index in [1.54, 1.807) is 32.9 Å². The highest BCUT2D eigenvalue weighted by Crippen LogP contribution is 2.19. The van der Waals surface area contributed by atoms with E-state index < -0.39 is 6.10 Å². The van der Waals surface area contributed by atoms with Crippen molar-refractivity contribution in [2.75, 3.05) is 0 Å². The van der Waals surface area contributed by atoms with Gasteiger partial charge in [0.2, 0.25) is 0 Å². The highest BCUT2D eigenvalue weighted by Gasteiger charge is 2.22. The van der Waals surface area contributed by atoms with Crippen molar-refractivity contribution in [3.63, 3.8) is 0 Å². The molecule has 1 atom stereocenters. The van der Waals surface area contributed by atoms with Crippen LogP contribution in [0.1, 0.15) is 31.5 Å². The summed E-state index contributed by atoms with van der Waals surface area (Å²) in [6.45, 7) is 5.28. The lowest BCUT2D eigenvalue weighted by Crippen LogP contribution is -2.16. The summed E-state index contributed by atoms with van der Waals surface area (Å²) in [6.07, 6.45) is -1.12. The normalized spacial score (nSPS) is 13.3. The van der Waals surface area contributed by atoms with Gasteiger partial charge in [-0.2, -0.15) is 0 Å². The molecule has 0 spiro atoms. The molecule has 0 aromatic carbocycles. The van der Waals surface area contributed by atoms with Crippen LogP contribution in [0.15, 0.2) is 16.5 Å². The Labute approximate surface area is 77.4 Å². The molecule has 0 aliphatic rings. The maximum absolute atomic E-state index is 11.3. The predicted molar refractivity (Wildman–Crippen MR) is 48.2 cm³/mol. The Hall–Kier alpha value is -1.09. The van der Waals surface area contributed by atoms with Gasteiger partial charge in [0.25, 0.3) is 0 Å². The first-order chi connectivity index (χ1) is 6.02. The van der Waals surface area contributed by atoms with E-state index in [0.717, 1.165) is 0 Å². The van der Waals surface area contributed by atoms with Crippen LogP contribution in [0.3, 0.4) is 0 Å². The number of hydrogen-bond acceptors (Lipinski definition) is 3. The number of ketones is 1. The third-order valence-electron chi connectivity index (χ3n) is 1.87. The van der Waals surface area contributed by atoms with Crippen LogP contribution >= 0.6 is 0 Å². The minimum Gasteiger partial charge on any atom is -0.463 e. The van der Waals surface area contributed by atoms with Crippen LogP contribution < -0.4 is 0 Å². The molecule has 0 aliphatic carbocycles. The molecule has 72 valence electrons. The fourth-order valence-corrected chi connectivity index (χ4v) is 1.06. The first-order valence-corrected chi connectivity index (χ1v) is 4.30. The number of hydrogen-bond donors (Lipinski definition) is 1. The van der Waals surface area contributed by atoms with E-state index in [9.17, 15) is 9.90 Å². The summed E-state index contributed by atoms with van der Waals surface area (Å²) in [5.74, 6) is 0.636. The zero-order valence-corrected chi connectivity index (χ0v) is 8.07. The maximum atomic E-state index is 11.3. The Kier molecular flexibility index (Phi) is 2.88. The van der Waals surface area contributed by atoms with Gasteiger partial charge in [0.05, 0.1) is 0 Å². The summed E-state index contributed by atoms with van der Waals surface area (Å²) in [5, 5.41) is 9.53. The molecule has 1 aromatic rings. The summed E-state index contributed by atoms with van der Waals surface area (Å²) in [7, 11) is 0. The minimum absolute atomic E-state index is 0.180. The molecule has 1 rings (SSSR count). The van der Waals surface area contributed by atoms with E-state index >= 15 is 0 Å². The molecule has 1 aromatic heterocycles. The average molecular weight is 182 g/mol. The van der Waals surface area contributed by atoms with Gasteiger partial charge in [-0.1, -0.05) is 13.8 Å². The highest BCUT2D eigenvalue weighted by atomic mass is 16.4. The van der Waals surface area contributed by atoms with Gasteiger partial charge >= 0.3 is 0 Å². The van der Waals surface area contributed by atoms with Crippen molar-refractivity contribution in [1.29, 1.82) is 0 Å². The van der Waals surface area contributed by atoms with Crippen LogP contribution in [-0.4, -0.2) is 10.9 Å². The second kappa shape index (κ2) is 3.75. The lowest BCUT2D eigenvalue weighted by molar-refractivity contribution is -0.131. The zero-order chi connectivity index (χ0) is 10.0. The van der Waals surface area contributed by atoms with Crippen molar-refractivity contribution in [3.8, 4) is 0 Å². The van der Waals surface area contributed by atoms with Gasteiger partial charge in [0.1, 0.15) is 11.5 Å². The van der Waals surface area contributed by atoms with E-state index in [-0.39, 0.29) is 11.7 Å². The molecule has 0 radical (unpaired) electrons. The Bertz CT molecular complexity index is 299. The number of aliphatic hydroxyl groups excluding tert-OH is 1. The lowest BCUT2D eigenvalue weighted by atomic mass is 10.0. The minimum atomic E-state index is -1.12. The number of carbonyl (C=O) groups excluding carboxylic acids is 1. The van der Waals surface area contributed by atoms with Gasteiger partial charge in [-0.3, -0.25) is 4.79 Å². The topological polar surface area (TPSA) is 50.4 Å². The SMILES string of the molecule is Cc1ccc(C(O)C(=O)C(C)C)o1. The van der Waals surface area contributed by atoms with Crippen LogP contribution in [-0.2, 0) is 4.79 Å². The number of furan rings is 1. The van der Waals surface area contributed by atoms with E-state index in [1.165, 1.54) is 0 Å². The van der Waals surface area contributed by atoms with E-state index in [1.807, 2.05) is 0 Å². The number of carbonyl (C=O) groups is 1. The molecular weight excluding hydrogens is 168 g/mol. The lowest BCUT2D eigenvalue weighted by Gasteiger charge is -2.08. The van der Waals surface area contributed by atoms with Gasteiger partial charge in [-0.25, -0.2) is 0 Å². The molecule has 0 aliphatic heterocycles. The molecule has 0 amide bonds. The molecule has 13 heavy (non-hydrogen) atoms. The van der Waals surface area contributed by atoms with Crippen LogP contribution in [0.2, 0.25) is 0 Å². The van der Waals surface area contributed by atoms with Crippen LogP contribution in [0.25, 0.3) is 0 Å². The predicted octanol–water partition coefficient (Wildman–Crippen LogP) is 1.85. The number of aryl methyl sites for hydroxylation is 1. The molecule has 1 heterocycles. The largest absolute Gasteiger partial charge is 0.463 e. The number of rotatable bonds is 3. The van der Waals surface area contributed by atoms with Gasteiger partial charge in [0, 0.05) is 5.92 Å². The molecule has 0 saturated carbocycles. The zero-order valence-electron chi connectivity index (χ0n) is 8.07. The van der Waals surface area contributed by atoms with Crippen molar-refractivity contribution in [1.82, 2.24) is 0 Å². The van der Waals surface area contributed by atoms with Gasteiger partial charge < -0.3 is 9.52 Å². The molecule has 1 N–H and O–H groups in total. The first-order valence-electron chi connectivity index (χ1n) is 4.30. The first kappa shape index (κ1) is 9.99. The fourth-order valence-electron chi connectivity index (χ4n) is 1.06. The molecule has 3 heteroatoms. The second-order valence-corrected chi connectivity index (χ2v) is 3.41. The molecule has 3 nitrogen and oxygen atoms in total. The standard InChI is InChI=1S/C10H14O3/c1-6(2)9(11)10(12)8-5-4-7(3)13-8/h4-6,10,12H,1-3H3. The Morgan fingerprint density at radius 3 is 2.46 bits per heavy atom. The highest BCUT2D eigenvalue weighted by molar-refractivity contribution is 5.85. The monoisotopic (exact) mass is 182 g/mol. The quantitative estimate of drug-likeness (QED) is 0.776. The van der Waals surface area contributed by atoms with Crippen molar-refractivity contribution < 1.29 is 14.3 Å². The fraction of sp³-hybridized carbons (Fsp3) is 0.500. The molecule has 1 unspecified atom stereocenters. The Morgan fingerprint density at radius 2 is 2.08 bits per heavy atom. The van der Waals surface area contributed by atoms with Crippen LogP contribution in [0, 0.1) is 12.8 Å². The van der Waals surface area contributed by atoms with Gasteiger partial charge in [-0.15, -0.1) is 0 Å². The summed E-state index contributed by atoms with van der Waals surface area (Å²) in [4.78, 5) is 11.3. The maximum Gasteiger partial charge on any atom is 0.171 e. The molecule has 0 fully saturated rings. The van der Waals surface area contributed by atoms with E-state index in [2.05, 4.69) is 0 Å². The van der Waals surface area contributed by atoms with Crippen molar-refractivity contribution in [3.05, 3.63) is 23.7 Å². The number of aliphatic hydroxyl groups is 1. The second-order valence-electron chi connectivity index (χ2n) is 3.41.